The van der Waals surface area contributed by atoms with Crippen molar-refractivity contribution in [2.45, 2.75) is 6.92 Å². The topological polar surface area (TPSA) is 84.0 Å². The van der Waals surface area contributed by atoms with Crippen molar-refractivity contribution < 1.29 is 18.4 Å². The lowest BCUT2D eigenvalue weighted by atomic mass is 10.1. The van der Waals surface area contributed by atoms with Gasteiger partial charge >= 0.3 is 0 Å². The highest BCUT2D eigenvalue weighted by Crippen LogP contribution is 2.21. The number of aromatic nitrogens is 2. The lowest BCUT2D eigenvalue weighted by Gasteiger charge is -2.09. The summed E-state index contributed by atoms with van der Waals surface area (Å²) in [5.74, 6) is -2.45. The largest absolute Gasteiger partial charge is 0.321 e. The van der Waals surface area contributed by atoms with Crippen LogP contribution in [0.5, 0.6) is 0 Å². The van der Waals surface area contributed by atoms with E-state index in [1.165, 1.54) is 31.3 Å². The SMILES string of the molecule is CC(=O)c1cccc(NC(=O)c2ccnc(Nc3c(F)cccc3F)n2)c1. The van der Waals surface area contributed by atoms with Crippen molar-refractivity contribution in [3.63, 3.8) is 0 Å². The number of carbonyl (C=O) groups excluding carboxylic acids is 2. The second kappa shape index (κ2) is 7.69. The smallest absolute Gasteiger partial charge is 0.274 e. The van der Waals surface area contributed by atoms with Crippen LogP contribution >= 0.6 is 0 Å². The Morgan fingerprint density at radius 2 is 1.70 bits per heavy atom. The van der Waals surface area contributed by atoms with Gasteiger partial charge in [-0.25, -0.2) is 18.7 Å². The predicted octanol–water partition coefficient (Wildman–Crippen LogP) is 3.95. The minimum atomic E-state index is -0.811. The molecule has 0 fully saturated rings. The van der Waals surface area contributed by atoms with E-state index in [9.17, 15) is 18.4 Å². The molecule has 0 bridgehead atoms. The molecule has 27 heavy (non-hydrogen) atoms. The van der Waals surface area contributed by atoms with Crippen molar-refractivity contribution in [2.75, 3.05) is 10.6 Å². The molecular weight excluding hydrogens is 354 g/mol. The number of nitrogens with zero attached hydrogens (tertiary/aromatic N) is 2. The van der Waals surface area contributed by atoms with E-state index in [0.29, 0.717) is 11.3 Å². The Balaban J connectivity index is 1.80. The van der Waals surface area contributed by atoms with E-state index in [-0.39, 0.29) is 17.4 Å². The first kappa shape index (κ1) is 18.1. The van der Waals surface area contributed by atoms with Crippen LogP contribution in [0, 0.1) is 11.6 Å². The average Bonchev–Trinajstić information content (AvgIpc) is 2.65. The molecule has 0 saturated carbocycles. The first-order chi connectivity index (χ1) is 12.9. The molecule has 0 unspecified atom stereocenters. The molecule has 3 aromatic rings. The third-order valence-corrected chi connectivity index (χ3v) is 3.61. The monoisotopic (exact) mass is 368 g/mol. The molecule has 0 aliphatic rings. The number of anilines is 3. The summed E-state index contributed by atoms with van der Waals surface area (Å²) in [6, 6.07) is 11.2. The number of hydrogen-bond acceptors (Lipinski definition) is 5. The molecular formula is C19H14F2N4O2. The van der Waals surface area contributed by atoms with E-state index in [4.69, 9.17) is 0 Å². The summed E-state index contributed by atoms with van der Waals surface area (Å²) in [7, 11) is 0. The summed E-state index contributed by atoms with van der Waals surface area (Å²) in [6.45, 7) is 1.42. The highest BCUT2D eigenvalue weighted by Gasteiger charge is 2.13. The summed E-state index contributed by atoms with van der Waals surface area (Å²) in [4.78, 5) is 31.6. The van der Waals surface area contributed by atoms with Crippen molar-refractivity contribution in [2.24, 2.45) is 0 Å². The zero-order chi connectivity index (χ0) is 19.4. The maximum atomic E-state index is 13.7. The van der Waals surface area contributed by atoms with Gasteiger partial charge in [0.2, 0.25) is 5.95 Å². The van der Waals surface area contributed by atoms with Gasteiger partial charge in [0.25, 0.3) is 5.91 Å². The van der Waals surface area contributed by atoms with Gasteiger partial charge in [0.15, 0.2) is 5.78 Å². The molecule has 2 aromatic carbocycles. The Morgan fingerprint density at radius 3 is 2.41 bits per heavy atom. The number of nitrogens with one attached hydrogen (secondary N) is 2. The molecule has 1 heterocycles. The van der Waals surface area contributed by atoms with Gasteiger partial charge in [-0.2, -0.15) is 0 Å². The van der Waals surface area contributed by atoms with Crippen LogP contribution in [0.3, 0.4) is 0 Å². The van der Waals surface area contributed by atoms with Gasteiger partial charge < -0.3 is 10.6 Å². The fourth-order valence-electron chi connectivity index (χ4n) is 2.29. The number of amides is 1. The van der Waals surface area contributed by atoms with Crippen molar-refractivity contribution in [1.82, 2.24) is 9.97 Å². The third kappa shape index (κ3) is 4.30. The highest BCUT2D eigenvalue weighted by atomic mass is 19.1. The minimum Gasteiger partial charge on any atom is -0.321 e. The number of halogens is 2. The molecule has 1 amide bonds. The summed E-state index contributed by atoms with van der Waals surface area (Å²) in [5, 5.41) is 5.04. The molecule has 1 aromatic heterocycles. The number of ketones is 1. The van der Waals surface area contributed by atoms with Gasteiger partial charge in [-0.3, -0.25) is 9.59 Å². The molecule has 3 rings (SSSR count). The molecule has 0 atom stereocenters. The number of para-hydroxylation sites is 1. The van der Waals surface area contributed by atoms with Gasteiger partial charge in [-0.15, -0.1) is 0 Å². The predicted molar refractivity (Wildman–Crippen MR) is 96.1 cm³/mol. The lowest BCUT2D eigenvalue weighted by molar-refractivity contribution is 0.100. The van der Waals surface area contributed by atoms with E-state index in [2.05, 4.69) is 20.6 Å². The standard InChI is InChI=1S/C19H14F2N4O2/c1-11(26)12-4-2-5-13(10-12)23-18(27)16-8-9-22-19(24-16)25-17-14(20)6-3-7-15(17)21/h2-10H,1H3,(H,23,27)(H,22,24,25). The van der Waals surface area contributed by atoms with Crippen molar-refractivity contribution >= 4 is 29.0 Å². The fraction of sp³-hybridized carbons (Fsp3) is 0.0526. The second-order valence-electron chi connectivity index (χ2n) is 5.58. The van der Waals surface area contributed by atoms with Crippen LogP contribution in [0.25, 0.3) is 0 Å². The molecule has 2 N–H and O–H groups in total. The Bertz CT molecular complexity index is 1000. The summed E-state index contributed by atoms with van der Waals surface area (Å²) >= 11 is 0. The lowest BCUT2D eigenvalue weighted by Crippen LogP contribution is -2.15. The van der Waals surface area contributed by atoms with Crippen LogP contribution in [-0.2, 0) is 0 Å². The Hall–Kier alpha value is -3.68. The third-order valence-electron chi connectivity index (χ3n) is 3.61. The van der Waals surface area contributed by atoms with Crippen LogP contribution in [0.2, 0.25) is 0 Å². The van der Waals surface area contributed by atoms with Gasteiger partial charge in [-0.05, 0) is 37.3 Å². The van der Waals surface area contributed by atoms with Crippen LogP contribution in [-0.4, -0.2) is 21.7 Å². The number of carbonyl (C=O) groups is 2. The molecule has 0 spiro atoms. The molecule has 0 radical (unpaired) electrons. The highest BCUT2D eigenvalue weighted by molar-refractivity contribution is 6.04. The fourth-order valence-corrected chi connectivity index (χ4v) is 2.29. The van der Waals surface area contributed by atoms with Crippen LogP contribution < -0.4 is 10.6 Å². The van der Waals surface area contributed by atoms with Crippen molar-refractivity contribution in [1.29, 1.82) is 0 Å². The zero-order valence-electron chi connectivity index (χ0n) is 14.2. The second-order valence-corrected chi connectivity index (χ2v) is 5.58. The summed E-state index contributed by atoms with van der Waals surface area (Å²) in [5.41, 5.74) is 0.440. The quantitative estimate of drug-likeness (QED) is 0.666. The van der Waals surface area contributed by atoms with E-state index in [1.807, 2.05) is 0 Å². The Morgan fingerprint density at radius 1 is 1.00 bits per heavy atom. The molecule has 0 saturated heterocycles. The summed E-state index contributed by atoms with van der Waals surface area (Å²) in [6.07, 6.45) is 1.29. The van der Waals surface area contributed by atoms with Gasteiger partial charge in [0, 0.05) is 17.4 Å². The van der Waals surface area contributed by atoms with Crippen molar-refractivity contribution in [3.8, 4) is 0 Å². The van der Waals surface area contributed by atoms with Crippen LogP contribution in [0.4, 0.5) is 26.1 Å². The zero-order valence-corrected chi connectivity index (χ0v) is 14.2. The van der Waals surface area contributed by atoms with E-state index < -0.39 is 23.2 Å². The molecule has 8 heteroatoms. The number of hydrogen-bond donors (Lipinski definition) is 2. The molecule has 136 valence electrons. The first-order valence-electron chi connectivity index (χ1n) is 7.90. The van der Waals surface area contributed by atoms with Crippen LogP contribution in [0.1, 0.15) is 27.8 Å². The van der Waals surface area contributed by atoms with Gasteiger partial charge in [0.1, 0.15) is 23.0 Å². The Kier molecular flexibility index (Phi) is 5.16. The molecule has 0 aliphatic heterocycles. The number of rotatable bonds is 5. The Labute approximate surface area is 153 Å². The van der Waals surface area contributed by atoms with E-state index in [0.717, 1.165) is 12.1 Å². The number of benzene rings is 2. The van der Waals surface area contributed by atoms with E-state index >= 15 is 0 Å². The normalized spacial score (nSPS) is 10.3. The first-order valence-corrected chi connectivity index (χ1v) is 7.90. The molecule has 0 aliphatic carbocycles. The van der Waals surface area contributed by atoms with Crippen molar-refractivity contribution in [3.05, 3.63) is 77.6 Å². The summed E-state index contributed by atoms with van der Waals surface area (Å²) < 4.78 is 27.4. The average molecular weight is 368 g/mol. The van der Waals surface area contributed by atoms with Gasteiger partial charge in [0.05, 0.1) is 0 Å². The van der Waals surface area contributed by atoms with Crippen LogP contribution in [0.15, 0.2) is 54.7 Å². The maximum absolute atomic E-state index is 13.7. The van der Waals surface area contributed by atoms with E-state index in [1.54, 1.807) is 18.2 Å². The molecule has 6 nitrogen and oxygen atoms in total. The number of Topliss-reactive ketones (excluding diaryl/α,β-unsaturated/α-hetero) is 1. The maximum Gasteiger partial charge on any atom is 0.274 e. The minimum absolute atomic E-state index is 0.0162. The van der Waals surface area contributed by atoms with Gasteiger partial charge in [-0.1, -0.05) is 18.2 Å².